The highest BCUT2D eigenvalue weighted by Gasteiger charge is 2.44. The van der Waals surface area contributed by atoms with Gasteiger partial charge in [0.2, 0.25) is 0 Å². The van der Waals surface area contributed by atoms with Crippen LogP contribution in [-0.2, 0) is 13.1 Å². The van der Waals surface area contributed by atoms with Gasteiger partial charge in [-0.1, -0.05) is 74.5 Å². The van der Waals surface area contributed by atoms with Crippen molar-refractivity contribution in [3.8, 4) is 5.75 Å². The van der Waals surface area contributed by atoms with Gasteiger partial charge in [-0.2, -0.15) is 0 Å². The van der Waals surface area contributed by atoms with E-state index in [-0.39, 0.29) is 0 Å². The molecule has 2 atom stereocenters. The molecule has 0 aromatic heterocycles. The average molecular weight is 401 g/mol. The van der Waals surface area contributed by atoms with E-state index in [4.69, 9.17) is 4.74 Å². The summed E-state index contributed by atoms with van der Waals surface area (Å²) in [6.45, 7) is 7.75. The van der Waals surface area contributed by atoms with Crippen molar-refractivity contribution in [2.75, 3.05) is 18.6 Å². The minimum atomic E-state index is 0.479. The molecule has 0 aliphatic carbocycles. The molecule has 3 aromatic rings. The predicted molar refractivity (Wildman–Crippen MR) is 125 cm³/mol. The molecule has 156 valence electrons. The molecular formula is C27H32N2O. The molecule has 0 radical (unpaired) electrons. The molecule has 1 aliphatic rings. The monoisotopic (exact) mass is 400 g/mol. The number of rotatable bonds is 9. The molecular weight excluding hydrogens is 368 g/mol. The zero-order valence-electron chi connectivity index (χ0n) is 18.2. The summed E-state index contributed by atoms with van der Waals surface area (Å²) in [5.74, 6) is 1.47. The van der Waals surface area contributed by atoms with E-state index in [1.54, 1.807) is 7.11 Å². The molecule has 3 heteroatoms. The predicted octanol–water partition coefficient (Wildman–Crippen LogP) is 5.61. The first-order chi connectivity index (χ1) is 14.7. The van der Waals surface area contributed by atoms with Crippen molar-refractivity contribution in [3.63, 3.8) is 0 Å². The first kappa shape index (κ1) is 20.5. The highest BCUT2D eigenvalue weighted by atomic mass is 16.5. The smallest absolute Gasteiger partial charge is 0.119 e. The number of hydrogen-bond acceptors (Lipinski definition) is 3. The van der Waals surface area contributed by atoms with Gasteiger partial charge < -0.3 is 9.64 Å². The van der Waals surface area contributed by atoms with Crippen molar-refractivity contribution >= 4 is 5.69 Å². The van der Waals surface area contributed by atoms with E-state index in [2.05, 4.69) is 109 Å². The number of hydrogen-bond donors (Lipinski definition) is 0. The highest BCUT2D eigenvalue weighted by molar-refractivity contribution is 5.56. The number of methoxy groups -OCH3 is 1. The van der Waals surface area contributed by atoms with Gasteiger partial charge in [-0.3, -0.25) is 4.90 Å². The zero-order chi connectivity index (χ0) is 20.9. The number of benzene rings is 3. The van der Waals surface area contributed by atoms with E-state index in [9.17, 15) is 0 Å². The molecule has 1 heterocycles. The van der Waals surface area contributed by atoms with Gasteiger partial charge in [-0.05, 0) is 41.3 Å². The largest absolute Gasteiger partial charge is 0.497 e. The molecule has 3 nitrogen and oxygen atoms in total. The van der Waals surface area contributed by atoms with Crippen LogP contribution < -0.4 is 9.64 Å². The fourth-order valence-electron chi connectivity index (χ4n) is 4.53. The Bertz CT molecular complexity index is 867. The SMILES string of the molecule is COc1ccc(N2C[C@@H]2[C@H](C(C)C)N(Cc2ccccc2)Cc2ccccc2)cc1. The third-order valence-corrected chi connectivity index (χ3v) is 6.01. The minimum absolute atomic E-state index is 0.479. The molecule has 0 unspecified atom stereocenters. The number of ether oxygens (including phenoxy) is 1. The third kappa shape index (κ3) is 4.85. The number of nitrogens with zero attached hydrogens (tertiary/aromatic N) is 2. The van der Waals surface area contributed by atoms with Gasteiger partial charge in [0.05, 0.1) is 13.2 Å². The summed E-state index contributed by atoms with van der Waals surface area (Å²) in [5.41, 5.74) is 4.03. The van der Waals surface area contributed by atoms with E-state index >= 15 is 0 Å². The van der Waals surface area contributed by atoms with Crippen molar-refractivity contribution in [3.05, 3.63) is 96.1 Å². The van der Waals surface area contributed by atoms with Crippen molar-refractivity contribution in [1.82, 2.24) is 4.90 Å². The topological polar surface area (TPSA) is 15.5 Å². The van der Waals surface area contributed by atoms with Crippen LogP contribution in [0, 0.1) is 5.92 Å². The van der Waals surface area contributed by atoms with Crippen LogP contribution in [0.3, 0.4) is 0 Å². The van der Waals surface area contributed by atoms with Gasteiger partial charge in [-0.25, -0.2) is 0 Å². The Balaban J connectivity index is 1.57. The normalized spacial score (nSPS) is 16.7. The molecule has 4 rings (SSSR count). The quantitative estimate of drug-likeness (QED) is 0.434. The lowest BCUT2D eigenvalue weighted by Crippen LogP contribution is -2.43. The van der Waals surface area contributed by atoms with E-state index < -0.39 is 0 Å². The molecule has 0 saturated carbocycles. The fourth-order valence-corrected chi connectivity index (χ4v) is 4.53. The first-order valence-electron chi connectivity index (χ1n) is 10.9. The Morgan fingerprint density at radius 1 is 0.833 bits per heavy atom. The molecule has 30 heavy (non-hydrogen) atoms. The van der Waals surface area contributed by atoms with Crippen molar-refractivity contribution < 1.29 is 4.74 Å². The summed E-state index contributed by atoms with van der Waals surface area (Å²) in [7, 11) is 1.72. The molecule has 0 spiro atoms. The van der Waals surface area contributed by atoms with Crippen LogP contribution in [0.15, 0.2) is 84.9 Å². The van der Waals surface area contributed by atoms with E-state index in [1.807, 2.05) is 0 Å². The zero-order valence-corrected chi connectivity index (χ0v) is 18.2. The van der Waals surface area contributed by atoms with Crippen LogP contribution >= 0.6 is 0 Å². The Hall–Kier alpha value is -2.78. The second-order valence-electron chi connectivity index (χ2n) is 8.53. The van der Waals surface area contributed by atoms with Crippen LogP contribution in [0.25, 0.3) is 0 Å². The number of anilines is 1. The molecule has 0 N–H and O–H groups in total. The Kier molecular flexibility index (Phi) is 6.39. The lowest BCUT2D eigenvalue weighted by atomic mass is 9.97. The second kappa shape index (κ2) is 9.36. The molecule has 3 aromatic carbocycles. The Morgan fingerprint density at radius 2 is 1.37 bits per heavy atom. The van der Waals surface area contributed by atoms with Crippen LogP contribution in [0.1, 0.15) is 25.0 Å². The molecule has 1 aliphatic heterocycles. The van der Waals surface area contributed by atoms with Gasteiger partial charge >= 0.3 is 0 Å². The van der Waals surface area contributed by atoms with E-state index in [1.165, 1.54) is 16.8 Å². The Labute approximate surface area is 180 Å². The summed E-state index contributed by atoms with van der Waals surface area (Å²) in [4.78, 5) is 5.19. The summed E-state index contributed by atoms with van der Waals surface area (Å²) in [5, 5.41) is 0. The van der Waals surface area contributed by atoms with Crippen LogP contribution in [-0.4, -0.2) is 30.6 Å². The maximum atomic E-state index is 5.33. The maximum Gasteiger partial charge on any atom is 0.119 e. The first-order valence-corrected chi connectivity index (χ1v) is 10.9. The molecule has 0 amide bonds. The van der Waals surface area contributed by atoms with Crippen molar-refractivity contribution in [2.45, 2.75) is 39.0 Å². The fraction of sp³-hybridized carbons (Fsp3) is 0.333. The minimum Gasteiger partial charge on any atom is -0.497 e. The second-order valence-corrected chi connectivity index (χ2v) is 8.53. The lowest BCUT2D eigenvalue weighted by molar-refractivity contribution is 0.137. The molecule has 1 saturated heterocycles. The van der Waals surface area contributed by atoms with Gasteiger partial charge in [0.1, 0.15) is 5.75 Å². The van der Waals surface area contributed by atoms with E-state index in [0.717, 1.165) is 25.4 Å². The van der Waals surface area contributed by atoms with Gasteiger partial charge in [-0.15, -0.1) is 0 Å². The molecule has 1 fully saturated rings. The van der Waals surface area contributed by atoms with Gasteiger partial charge in [0.25, 0.3) is 0 Å². The summed E-state index contributed by atoms with van der Waals surface area (Å²) in [6.07, 6.45) is 0. The van der Waals surface area contributed by atoms with Gasteiger partial charge in [0.15, 0.2) is 0 Å². The summed E-state index contributed by atoms with van der Waals surface area (Å²) >= 11 is 0. The van der Waals surface area contributed by atoms with Crippen molar-refractivity contribution in [2.24, 2.45) is 5.92 Å². The third-order valence-electron chi connectivity index (χ3n) is 6.01. The highest BCUT2D eigenvalue weighted by Crippen LogP contribution is 2.36. The van der Waals surface area contributed by atoms with E-state index in [0.29, 0.717) is 18.0 Å². The maximum absolute atomic E-state index is 5.33. The summed E-state index contributed by atoms with van der Waals surface area (Å²) < 4.78 is 5.33. The summed E-state index contributed by atoms with van der Waals surface area (Å²) in [6, 6.07) is 31.2. The van der Waals surface area contributed by atoms with Crippen LogP contribution in [0.4, 0.5) is 5.69 Å². The van der Waals surface area contributed by atoms with Gasteiger partial charge in [0, 0.05) is 31.4 Å². The standard InChI is InChI=1S/C27H32N2O/c1-21(2)27(26-20-29(26)24-14-16-25(30-3)17-15-24)28(18-22-10-6-4-7-11-22)19-23-12-8-5-9-13-23/h4-17,21,26-27H,18-20H2,1-3H3/t26-,27+,29?/m1/s1. The molecule has 0 bridgehead atoms. The van der Waals surface area contributed by atoms with Crippen LogP contribution in [0.2, 0.25) is 0 Å². The van der Waals surface area contributed by atoms with Crippen LogP contribution in [0.5, 0.6) is 5.75 Å². The lowest BCUT2D eigenvalue weighted by Gasteiger charge is -2.35. The van der Waals surface area contributed by atoms with Crippen molar-refractivity contribution in [1.29, 1.82) is 0 Å². The Morgan fingerprint density at radius 3 is 1.83 bits per heavy atom. The average Bonchev–Trinajstić information content (AvgIpc) is 3.55.